The van der Waals surface area contributed by atoms with Crippen LogP contribution in [0.25, 0.3) is 0 Å². The molecule has 0 spiro atoms. The fourth-order valence-electron chi connectivity index (χ4n) is 3.55. The van der Waals surface area contributed by atoms with Crippen molar-refractivity contribution in [2.24, 2.45) is 5.73 Å². The van der Waals surface area contributed by atoms with Crippen LogP contribution in [0.1, 0.15) is 32.3 Å². The molecule has 0 aromatic heterocycles. The summed E-state index contributed by atoms with van der Waals surface area (Å²) in [6.45, 7) is 5.65. The van der Waals surface area contributed by atoms with Crippen molar-refractivity contribution in [2.45, 2.75) is 32.9 Å². The van der Waals surface area contributed by atoms with E-state index in [-0.39, 0.29) is 22.9 Å². The Hall–Kier alpha value is -2.62. The highest BCUT2D eigenvalue weighted by atomic mass is 35.5. The van der Waals surface area contributed by atoms with Gasteiger partial charge >= 0.3 is 11.9 Å². The molecule has 32 heavy (non-hydrogen) atoms. The van der Waals surface area contributed by atoms with Gasteiger partial charge in [0.15, 0.2) is 11.3 Å². The first-order valence-electron chi connectivity index (χ1n) is 10.0. The first-order chi connectivity index (χ1) is 15.2. The van der Waals surface area contributed by atoms with Gasteiger partial charge in [0.1, 0.15) is 0 Å². The maximum atomic E-state index is 13.3. The summed E-state index contributed by atoms with van der Waals surface area (Å²) in [6.07, 6.45) is -0.837. The van der Waals surface area contributed by atoms with E-state index in [9.17, 15) is 9.59 Å². The van der Waals surface area contributed by atoms with Crippen LogP contribution in [0.5, 0.6) is 0 Å². The van der Waals surface area contributed by atoms with Crippen molar-refractivity contribution >= 4 is 40.9 Å². The molecule has 1 aromatic carbocycles. The average molecular weight is 482 g/mol. The first kappa shape index (κ1) is 25.6. The van der Waals surface area contributed by atoms with Gasteiger partial charge in [-0.3, -0.25) is 0 Å². The van der Waals surface area contributed by atoms with Gasteiger partial charge in [0.2, 0.25) is 0 Å². The van der Waals surface area contributed by atoms with Crippen LogP contribution in [0.2, 0.25) is 5.02 Å². The van der Waals surface area contributed by atoms with Crippen molar-refractivity contribution in [3.63, 3.8) is 0 Å². The fourth-order valence-corrected chi connectivity index (χ4v) is 3.89. The molecular formula is C22H28ClN3O5S. The van der Waals surface area contributed by atoms with Crippen LogP contribution >= 0.6 is 23.8 Å². The Balaban J connectivity index is 2.89. The molecule has 0 aliphatic carbocycles. The van der Waals surface area contributed by atoms with Gasteiger partial charge in [0.25, 0.3) is 0 Å². The number of esters is 2. The summed E-state index contributed by atoms with van der Waals surface area (Å²) in [5.74, 6) is -2.10. The minimum atomic E-state index is -0.867. The molecular weight excluding hydrogens is 454 g/mol. The molecule has 0 bridgehead atoms. The lowest BCUT2D eigenvalue weighted by Gasteiger charge is -2.37. The Morgan fingerprint density at radius 2 is 1.88 bits per heavy atom. The molecule has 0 radical (unpaired) electrons. The predicted octanol–water partition coefficient (Wildman–Crippen LogP) is 2.83. The number of carbonyl (C=O) groups excluding carboxylic acids is 2. The number of nitrogens with one attached hydrogen (secondary N) is 1. The first-order valence-corrected chi connectivity index (χ1v) is 10.8. The third-order valence-electron chi connectivity index (χ3n) is 4.98. The van der Waals surface area contributed by atoms with Crippen LogP contribution < -0.4 is 11.1 Å². The molecule has 1 aliphatic rings. The number of likely N-dealkylation sites (N-methyl/N-ethyl adjacent to an activating group) is 1. The van der Waals surface area contributed by atoms with Crippen molar-refractivity contribution in [3.8, 4) is 0 Å². The largest absolute Gasteiger partial charge is 0.466 e. The molecule has 1 aliphatic heterocycles. The van der Waals surface area contributed by atoms with Gasteiger partial charge in [0, 0.05) is 24.4 Å². The summed E-state index contributed by atoms with van der Waals surface area (Å²) in [7, 11) is 2.93. The number of thiocarbonyl (C=S) groups is 1. The Kier molecular flexibility index (Phi) is 9.06. The maximum absolute atomic E-state index is 13.3. The lowest BCUT2D eigenvalue weighted by Crippen LogP contribution is -2.48. The van der Waals surface area contributed by atoms with Gasteiger partial charge in [-0.2, -0.15) is 0 Å². The molecule has 1 aromatic rings. The number of allylic oxidation sites excluding steroid dienone is 1. The molecule has 2 unspecified atom stereocenters. The Bertz CT molecular complexity index is 963. The van der Waals surface area contributed by atoms with Gasteiger partial charge < -0.3 is 30.2 Å². The molecule has 174 valence electrons. The smallest absolute Gasteiger partial charge is 0.336 e. The van der Waals surface area contributed by atoms with Crippen LogP contribution in [0.4, 0.5) is 0 Å². The van der Waals surface area contributed by atoms with Gasteiger partial charge in [-0.1, -0.05) is 29.8 Å². The molecule has 8 nitrogen and oxygen atoms in total. The van der Waals surface area contributed by atoms with E-state index in [1.54, 1.807) is 45.2 Å². The van der Waals surface area contributed by atoms with Crippen molar-refractivity contribution in [3.05, 3.63) is 57.4 Å². The minimum Gasteiger partial charge on any atom is -0.466 e. The van der Waals surface area contributed by atoms with Crippen molar-refractivity contribution in [2.75, 3.05) is 27.4 Å². The number of benzene rings is 1. The summed E-state index contributed by atoms with van der Waals surface area (Å²) in [5.41, 5.74) is 7.64. The van der Waals surface area contributed by atoms with Crippen LogP contribution in [0, 0.1) is 0 Å². The lowest BCUT2D eigenvalue weighted by atomic mass is 9.79. The third kappa shape index (κ3) is 5.23. The topological polar surface area (TPSA) is 103 Å². The summed E-state index contributed by atoms with van der Waals surface area (Å²) in [4.78, 5) is 27.6. The monoisotopic (exact) mass is 481 g/mol. The SMILES string of the molecule is CCOC(=O)C1=C(C(OCC)N(C)C(N)=S)NC(C)=C(C(=O)OC)C1c1ccccc1Cl. The second kappa shape index (κ2) is 11.3. The van der Waals surface area contributed by atoms with E-state index in [1.165, 1.54) is 12.0 Å². The highest BCUT2D eigenvalue weighted by Crippen LogP contribution is 2.42. The van der Waals surface area contributed by atoms with E-state index < -0.39 is 24.1 Å². The number of ether oxygens (including phenoxy) is 3. The van der Waals surface area contributed by atoms with Crippen molar-refractivity contribution < 1.29 is 23.8 Å². The molecule has 0 saturated carbocycles. The standard InChI is InChI=1S/C22H28ClN3O5S/c1-6-30-19(26(4)22(24)32)18-17(21(28)31-7-2)16(13-10-8-9-11-14(13)23)15(12(3)25-18)20(27)29-5/h8-11,16,19,25H,6-7H2,1-5H3,(H2,24,32). The molecule has 0 fully saturated rings. The zero-order valence-corrected chi connectivity index (χ0v) is 20.3. The second-order valence-electron chi connectivity index (χ2n) is 6.91. The van der Waals surface area contributed by atoms with Crippen LogP contribution in [0.15, 0.2) is 46.8 Å². The van der Waals surface area contributed by atoms with Crippen molar-refractivity contribution in [1.29, 1.82) is 0 Å². The zero-order valence-electron chi connectivity index (χ0n) is 18.7. The van der Waals surface area contributed by atoms with Crippen molar-refractivity contribution in [1.82, 2.24) is 10.2 Å². The van der Waals surface area contributed by atoms with E-state index in [0.29, 0.717) is 28.6 Å². The number of halogens is 1. The van der Waals surface area contributed by atoms with E-state index >= 15 is 0 Å². The lowest BCUT2D eigenvalue weighted by molar-refractivity contribution is -0.139. The third-order valence-corrected chi connectivity index (χ3v) is 5.61. The van der Waals surface area contributed by atoms with Crippen LogP contribution in [-0.4, -0.2) is 55.6 Å². The summed E-state index contributed by atoms with van der Waals surface area (Å²) in [5, 5.41) is 3.59. The van der Waals surface area contributed by atoms with E-state index in [2.05, 4.69) is 5.32 Å². The molecule has 10 heteroatoms. The van der Waals surface area contributed by atoms with Crippen LogP contribution in [-0.2, 0) is 23.8 Å². The molecule has 2 atom stereocenters. The average Bonchev–Trinajstić information content (AvgIpc) is 2.76. The number of rotatable bonds is 8. The minimum absolute atomic E-state index is 0.0654. The number of methoxy groups -OCH3 is 1. The van der Waals surface area contributed by atoms with Gasteiger partial charge in [-0.25, -0.2) is 9.59 Å². The highest BCUT2D eigenvalue weighted by Gasteiger charge is 2.42. The second-order valence-corrected chi connectivity index (χ2v) is 7.74. The predicted molar refractivity (Wildman–Crippen MR) is 126 cm³/mol. The number of dihydropyridines is 1. The van der Waals surface area contributed by atoms with E-state index in [1.807, 2.05) is 6.92 Å². The van der Waals surface area contributed by atoms with E-state index in [4.69, 9.17) is 43.8 Å². The van der Waals surface area contributed by atoms with E-state index in [0.717, 1.165) is 0 Å². The van der Waals surface area contributed by atoms with Gasteiger partial charge in [0.05, 0.1) is 36.5 Å². The summed E-state index contributed by atoms with van der Waals surface area (Å²) < 4.78 is 16.3. The Morgan fingerprint density at radius 1 is 1.22 bits per heavy atom. The quantitative estimate of drug-likeness (QED) is 0.329. The number of hydrogen-bond donors (Lipinski definition) is 2. The molecule has 0 amide bonds. The molecule has 1 heterocycles. The summed E-state index contributed by atoms with van der Waals surface area (Å²) in [6, 6.07) is 6.97. The Labute approximate surface area is 198 Å². The summed E-state index contributed by atoms with van der Waals surface area (Å²) >= 11 is 11.7. The van der Waals surface area contributed by atoms with Gasteiger partial charge in [-0.05, 0) is 44.6 Å². The number of nitrogens with two attached hydrogens (primary N) is 1. The fraction of sp³-hybridized carbons (Fsp3) is 0.409. The number of nitrogens with zero attached hydrogens (tertiary/aromatic N) is 1. The van der Waals surface area contributed by atoms with Gasteiger partial charge in [-0.15, -0.1) is 0 Å². The molecule has 2 rings (SSSR count). The zero-order chi connectivity index (χ0) is 24.0. The molecule has 3 N–H and O–H groups in total. The van der Waals surface area contributed by atoms with Crippen LogP contribution in [0.3, 0.4) is 0 Å². The maximum Gasteiger partial charge on any atom is 0.336 e. The number of hydrogen-bond acceptors (Lipinski definition) is 7. The Morgan fingerprint density at radius 3 is 2.41 bits per heavy atom. The number of carbonyl (C=O) groups is 2. The normalized spacial score (nSPS) is 16.9. The molecule has 0 saturated heterocycles. The highest BCUT2D eigenvalue weighted by molar-refractivity contribution is 7.80.